The lowest BCUT2D eigenvalue weighted by molar-refractivity contribution is -0.113. The molecule has 0 bridgehead atoms. The lowest BCUT2D eigenvalue weighted by atomic mass is 9.94. The van der Waals surface area contributed by atoms with Crippen LogP contribution in [0.1, 0.15) is 6.92 Å². The van der Waals surface area contributed by atoms with E-state index in [0.717, 1.165) is 0 Å². The van der Waals surface area contributed by atoms with Crippen molar-refractivity contribution in [2.24, 2.45) is 5.92 Å². The van der Waals surface area contributed by atoms with E-state index in [4.69, 9.17) is 14.2 Å². The third kappa shape index (κ3) is 1.85. The van der Waals surface area contributed by atoms with Crippen LogP contribution in [0.25, 0.3) is 0 Å². The second-order valence-electron chi connectivity index (χ2n) is 4.17. The highest BCUT2D eigenvalue weighted by Crippen LogP contribution is 2.35. The van der Waals surface area contributed by atoms with Crippen molar-refractivity contribution in [2.75, 3.05) is 21.3 Å². The zero-order valence-electron chi connectivity index (χ0n) is 10.9. The fraction of sp³-hybridized carbons (Fsp3) is 0.462. The zero-order valence-corrected chi connectivity index (χ0v) is 10.9. The Labute approximate surface area is 106 Å². The van der Waals surface area contributed by atoms with Crippen molar-refractivity contribution in [3.05, 3.63) is 35.1 Å². The van der Waals surface area contributed by atoms with E-state index in [1.807, 2.05) is 12.2 Å². The fourth-order valence-corrected chi connectivity index (χ4v) is 2.30. The van der Waals surface area contributed by atoms with Gasteiger partial charge in [0.15, 0.2) is 17.3 Å². The number of fused-ring (bicyclic) bond motifs is 1. The Hall–Kier alpha value is -1.91. The molecule has 0 saturated heterocycles. The summed E-state index contributed by atoms with van der Waals surface area (Å²) in [6.07, 6.45) is 3.81. The van der Waals surface area contributed by atoms with Crippen LogP contribution in [0, 0.1) is 5.92 Å². The van der Waals surface area contributed by atoms with E-state index >= 15 is 0 Å². The molecule has 0 aromatic heterocycles. The third-order valence-electron chi connectivity index (χ3n) is 3.15. The highest BCUT2D eigenvalue weighted by atomic mass is 16.5. The second-order valence-corrected chi connectivity index (χ2v) is 4.17. The second kappa shape index (κ2) is 4.76. The molecule has 0 radical (unpaired) electrons. The van der Waals surface area contributed by atoms with Crippen LogP contribution in [0.15, 0.2) is 35.1 Å². The molecule has 0 saturated carbocycles. The minimum absolute atomic E-state index is 0.00573. The van der Waals surface area contributed by atoms with E-state index in [9.17, 15) is 4.79 Å². The molecule has 1 aliphatic heterocycles. The number of Topliss-reactive ketones (excluding diaryl/α,β-unsaturated/α-hetero) is 1. The van der Waals surface area contributed by atoms with Gasteiger partial charge >= 0.3 is 0 Å². The average Bonchev–Trinajstić information content (AvgIpc) is 2.79. The number of ketones is 1. The lowest BCUT2D eigenvalue weighted by Crippen LogP contribution is -2.35. The number of carbonyl (C=O) groups is 1. The quantitative estimate of drug-likeness (QED) is 0.810. The molecule has 0 aromatic carbocycles. The first-order valence-corrected chi connectivity index (χ1v) is 5.70. The number of hydrogen-bond donors (Lipinski definition) is 1. The maximum atomic E-state index is 11.4. The summed E-state index contributed by atoms with van der Waals surface area (Å²) in [6.45, 7) is 1.53. The first kappa shape index (κ1) is 12.5. The van der Waals surface area contributed by atoms with E-state index in [0.29, 0.717) is 23.0 Å². The molecule has 98 valence electrons. The topological polar surface area (TPSA) is 56.8 Å². The standard InChI is InChI=1S/C13H17NO4/c1-7(15)9-5-8-6-10(16-2)12(17-3)13(18-4)11(8)14-9/h5-6,8,11,14H,1-4H3. The Bertz CT molecular complexity index is 462. The maximum absolute atomic E-state index is 11.4. The molecule has 5 heteroatoms. The number of nitrogens with one attached hydrogen (secondary N) is 1. The summed E-state index contributed by atoms with van der Waals surface area (Å²) in [6, 6.07) is -0.109. The van der Waals surface area contributed by atoms with E-state index < -0.39 is 0 Å². The Morgan fingerprint density at radius 1 is 1.17 bits per heavy atom. The van der Waals surface area contributed by atoms with Crippen LogP contribution in [-0.2, 0) is 19.0 Å². The van der Waals surface area contributed by atoms with Crippen molar-refractivity contribution in [3.63, 3.8) is 0 Å². The summed E-state index contributed by atoms with van der Waals surface area (Å²) < 4.78 is 16.0. The summed E-state index contributed by atoms with van der Waals surface area (Å²) in [5.41, 5.74) is 0.601. The number of rotatable bonds is 4. The summed E-state index contributed by atoms with van der Waals surface area (Å²) >= 11 is 0. The summed E-state index contributed by atoms with van der Waals surface area (Å²) in [5, 5.41) is 3.15. The smallest absolute Gasteiger partial charge is 0.200 e. The Morgan fingerprint density at radius 2 is 1.89 bits per heavy atom. The van der Waals surface area contributed by atoms with Gasteiger partial charge in [-0.15, -0.1) is 0 Å². The van der Waals surface area contributed by atoms with Crippen molar-refractivity contribution < 1.29 is 19.0 Å². The molecule has 0 spiro atoms. The number of hydrogen-bond acceptors (Lipinski definition) is 5. The van der Waals surface area contributed by atoms with Crippen molar-refractivity contribution >= 4 is 5.78 Å². The van der Waals surface area contributed by atoms with Gasteiger partial charge in [-0.1, -0.05) is 0 Å². The molecule has 0 aromatic rings. The van der Waals surface area contributed by atoms with Gasteiger partial charge in [-0.25, -0.2) is 0 Å². The summed E-state index contributed by atoms with van der Waals surface area (Å²) in [4.78, 5) is 11.4. The van der Waals surface area contributed by atoms with E-state index in [-0.39, 0.29) is 17.7 Å². The first-order chi connectivity index (χ1) is 8.62. The van der Waals surface area contributed by atoms with Gasteiger partial charge in [0.2, 0.25) is 5.76 Å². The van der Waals surface area contributed by atoms with Gasteiger partial charge < -0.3 is 19.5 Å². The lowest BCUT2D eigenvalue weighted by Gasteiger charge is -2.27. The van der Waals surface area contributed by atoms with Gasteiger partial charge in [-0.2, -0.15) is 0 Å². The molecule has 2 unspecified atom stereocenters. The van der Waals surface area contributed by atoms with Crippen LogP contribution in [0.3, 0.4) is 0 Å². The van der Waals surface area contributed by atoms with Gasteiger partial charge in [0, 0.05) is 12.8 Å². The molecule has 5 nitrogen and oxygen atoms in total. The monoisotopic (exact) mass is 251 g/mol. The predicted octanol–water partition coefficient (Wildman–Crippen LogP) is 1.10. The van der Waals surface area contributed by atoms with Crippen LogP contribution >= 0.6 is 0 Å². The van der Waals surface area contributed by atoms with Crippen molar-refractivity contribution in [1.82, 2.24) is 5.32 Å². The highest BCUT2D eigenvalue weighted by molar-refractivity contribution is 5.93. The van der Waals surface area contributed by atoms with Crippen LogP contribution in [0.5, 0.6) is 0 Å². The first-order valence-electron chi connectivity index (χ1n) is 5.70. The average molecular weight is 251 g/mol. The minimum atomic E-state index is -0.109. The maximum Gasteiger partial charge on any atom is 0.200 e. The molecular weight excluding hydrogens is 234 g/mol. The Balaban J connectivity index is 2.41. The number of methoxy groups -OCH3 is 3. The van der Waals surface area contributed by atoms with Crippen LogP contribution in [0.2, 0.25) is 0 Å². The van der Waals surface area contributed by atoms with Gasteiger partial charge in [0.05, 0.1) is 33.1 Å². The fourth-order valence-electron chi connectivity index (χ4n) is 2.30. The Morgan fingerprint density at radius 3 is 2.39 bits per heavy atom. The largest absolute Gasteiger partial charge is 0.495 e. The Kier molecular flexibility index (Phi) is 3.32. The van der Waals surface area contributed by atoms with Gasteiger partial charge in [-0.05, 0) is 12.2 Å². The molecular formula is C13H17NO4. The van der Waals surface area contributed by atoms with Crippen molar-refractivity contribution in [1.29, 1.82) is 0 Å². The summed E-state index contributed by atoms with van der Waals surface area (Å²) in [5.74, 6) is 1.87. The molecule has 0 amide bonds. The van der Waals surface area contributed by atoms with E-state index in [1.165, 1.54) is 6.92 Å². The van der Waals surface area contributed by atoms with Crippen LogP contribution in [-0.4, -0.2) is 33.2 Å². The van der Waals surface area contributed by atoms with Gasteiger partial charge in [-0.3, -0.25) is 4.79 Å². The van der Waals surface area contributed by atoms with Gasteiger partial charge in [0.1, 0.15) is 0 Å². The molecule has 18 heavy (non-hydrogen) atoms. The molecule has 2 atom stereocenters. The number of carbonyl (C=O) groups excluding carboxylic acids is 1. The van der Waals surface area contributed by atoms with Crippen molar-refractivity contribution in [2.45, 2.75) is 13.0 Å². The third-order valence-corrected chi connectivity index (χ3v) is 3.15. The highest BCUT2D eigenvalue weighted by Gasteiger charge is 2.38. The van der Waals surface area contributed by atoms with Crippen LogP contribution < -0.4 is 5.32 Å². The molecule has 1 heterocycles. The summed E-state index contributed by atoms with van der Waals surface area (Å²) in [7, 11) is 4.73. The van der Waals surface area contributed by atoms with E-state index in [2.05, 4.69) is 5.32 Å². The SMILES string of the molecule is COC1=CC2C=C(C(C)=O)NC2C(OC)=C1OC. The minimum Gasteiger partial charge on any atom is -0.495 e. The molecule has 2 aliphatic rings. The predicted molar refractivity (Wildman–Crippen MR) is 65.3 cm³/mol. The molecule has 1 aliphatic carbocycles. The molecule has 2 rings (SSSR count). The molecule has 0 fully saturated rings. The van der Waals surface area contributed by atoms with Gasteiger partial charge in [0.25, 0.3) is 0 Å². The number of ether oxygens (including phenoxy) is 3. The van der Waals surface area contributed by atoms with E-state index in [1.54, 1.807) is 21.3 Å². The number of allylic oxidation sites excluding steroid dienone is 1. The zero-order chi connectivity index (χ0) is 13.3. The molecule has 1 N–H and O–H groups in total. The van der Waals surface area contributed by atoms with Crippen molar-refractivity contribution in [3.8, 4) is 0 Å². The van der Waals surface area contributed by atoms with Crippen LogP contribution in [0.4, 0.5) is 0 Å². The normalized spacial score (nSPS) is 25.8.